The SMILES string of the molecule is Cc1cc(-n2nc(C(F)(F)F)c(CO)c2Cl)ncn1. The van der Waals surface area contributed by atoms with E-state index in [0.717, 1.165) is 4.68 Å². The van der Waals surface area contributed by atoms with Crippen LogP contribution in [0.5, 0.6) is 0 Å². The maximum absolute atomic E-state index is 12.7. The quantitative estimate of drug-likeness (QED) is 0.921. The van der Waals surface area contributed by atoms with Crippen molar-refractivity contribution in [1.29, 1.82) is 0 Å². The molecule has 1 N–H and O–H groups in total. The van der Waals surface area contributed by atoms with Crippen molar-refractivity contribution in [2.45, 2.75) is 19.7 Å². The number of aliphatic hydroxyl groups excluding tert-OH is 1. The molecule has 0 amide bonds. The van der Waals surface area contributed by atoms with Crippen LogP contribution in [0.4, 0.5) is 13.2 Å². The molecule has 0 saturated heterocycles. The van der Waals surface area contributed by atoms with Crippen molar-refractivity contribution >= 4 is 11.6 Å². The Morgan fingerprint density at radius 3 is 2.53 bits per heavy atom. The lowest BCUT2D eigenvalue weighted by atomic mass is 10.2. The first-order valence-corrected chi connectivity index (χ1v) is 5.47. The molecule has 0 radical (unpaired) electrons. The summed E-state index contributed by atoms with van der Waals surface area (Å²) in [5.74, 6) is 0.0997. The summed E-state index contributed by atoms with van der Waals surface area (Å²) in [6.07, 6.45) is -3.51. The van der Waals surface area contributed by atoms with Crippen LogP contribution >= 0.6 is 11.6 Å². The second-order valence-electron chi connectivity index (χ2n) is 3.70. The Morgan fingerprint density at radius 2 is 2.05 bits per heavy atom. The molecule has 0 aliphatic heterocycles. The Morgan fingerprint density at radius 1 is 1.37 bits per heavy atom. The molecule has 5 nitrogen and oxygen atoms in total. The van der Waals surface area contributed by atoms with Gasteiger partial charge in [0.2, 0.25) is 0 Å². The summed E-state index contributed by atoms with van der Waals surface area (Å²) in [6.45, 7) is 0.790. The van der Waals surface area contributed by atoms with Gasteiger partial charge in [-0.15, -0.1) is 0 Å². The van der Waals surface area contributed by atoms with Gasteiger partial charge in [0, 0.05) is 17.3 Å². The van der Waals surface area contributed by atoms with Crippen LogP contribution in [-0.4, -0.2) is 24.9 Å². The fraction of sp³-hybridized carbons (Fsp3) is 0.300. The van der Waals surface area contributed by atoms with E-state index in [2.05, 4.69) is 15.1 Å². The lowest BCUT2D eigenvalue weighted by molar-refractivity contribution is -0.142. The number of aryl methyl sites for hydroxylation is 1. The van der Waals surface area contributed by atoms with E-state index in [9.17, 15) is 13.2 Å². The van der Waals surface area contributed by atoms with Crippen LogP contribution in [0.3, 0.4) is 0 Å². The van der Waals surface area contributed by atoms with Gasteiger partial charge in [0.1, 0.15) is 11.5 Å². The zero-order chi connectivity index (χ0) is 14.2. The van der Waals surface area contributed by atoms with Crippen molar-refractivity contribution in [1.82, 2.24) is 19.7 Å². The molecule has 2 rings (SSSR count). The Kier molecular flexibility index (Phi) is 3.46. The molecule has 2 aromatic rings. The summed E-state index contributed by atoms with van der Waals surface area (Å²) >= 11 is 5.80. The summed E-state index contributed by atoms with van der Waals surface area (Å²) in [4.78, 5) is 7.62. The number of aliphatic hydroxyl groups is 1. The zero-order valence-corrected chi connectivity index (χ0v) is 10.4. The van der Waals surface area contributed by atoms with E-state index in [0.29, 0.717) is 5.69 Å². The van der Waals surface area contributed by atoms with Gasteiger partial charge in [0.15, 0.2) is 11.5 Å². The van der Waals surface area contributed by atoms with Crippen LogP contribution in [0.2, 0.25) is 5.15 Å². The van der Waals surface area contributed by atoms with Crippen LogP contribution < -0.4 is 0 Å². The van der Waals surface area contributed by atoms with Gasteiger partial charge in [-0.3, -0.25) is 0 Å². The summed E-state index contributed by atoms with van der Waals surface area (Å²) < 4.78 is 39.1. The normalized spacial score (nSPS) is 11.9. The van der Waals surface area contributed by atoms with Crippen molar-refractivity contribution in [3.05, 3.63) is 34.5 Å². The van der Waals surface area contributed by atoms with Crippen LogP contribution in [-0.2, 0) is 12.8 Å². The van der Waals surface area contributed by atoms with Crippen molar-refractivity contribution in [2.75, 3.05) is 0 Å². The molecule has 9 heteroatoms. The van der Waals surface area contributed by atoms with Gasteiger partial charge in [-0.1, -0.05) is 11.6 Å². The topological polar surface area (TPSA) is 63.8 Å². The minimum atomic E-state index is -4.70. The minimum Gasteiger partial charge on any atom is -0.391 e. The Labute approximate surface area is 110 Å². The Balaban J connectivity index is 2.63. The number of nitrogens with zero attached hydrogens (tertiary/aromatic N) is 4. The standard InChI is InChI=1S/C10H8ClF3N4O/c1-5-2-7(16-4-15-5)18-9(11)6(3-19)8(17-18)10(12,13)14/h2,4,19H,3H2,1H3. The summed E-state index contributed by atoms with van der Waals surface area (Å²) in [6, 6.07) is 1.43. The first kappa shape index (κ1) is 13.8. The van der Waals surface area contributed by atoms with Gasteiger partial charge in [-0.05, 0) is 6.92 Å². The predicted octanol–water partition coefficient (Wildman–Crippen LogP) is 2.14. The lowest BCUT2D eigenvalue weighted by Crippen LogP contribution is -2.10. The molecule has 0 bridgehead atoms. The third-order valence-corrected chi connectivity index (χ3v) is 2.74. The van der Waals surface area contributed by atoms with Gasteiger partial charge in [0.05, 0.1) is 6.61 Å². The highest BCUT2D eigenvalue weighted by Crippen LogP contribution is 2.35. The third-order valence-electron chi connectivity index (χ3n) is 2.35. The Bertz CT molecular complexity index is 611. The maximum Gasteiger partial charge on any atom is 0.435 e. The van der Waals surface area contributed by atoms with Gasteiger partial charge in [-0.2, -0.15) is 18.3 Å². The summed E-state index contributed by atoms with van der Waals surface area (Å²) in [5.41, 5.74) is -1.16. The average molecular weight is 293 g/mol. The van der Waals surface area contributed by atoms with Crippen LogP contribution in [0, 0.1) is 6.92 Å². The van der Waals surface area contributed by atoms with E-state index in [4.69, 9.17) is 16.7 Å². The second-order valence-corrected chi connectivity index (χ2v) is 4.06. The van der Waals surface area contributed by atoms with Crippen molar-refractivity contribution in [3.63, 3.8) is 0 Å². The number of hydrogen-bond donors (Lipinski definition) is 1. The maximum atomic E-state index is 12.7. The molecule has 0 fully saturated rings. The van der Waals surface area contributed by atoms with Crippen LogP contribution in [0.25, 0.3) is 5.82 Å². The van der Waals surface area contributed by atoms with Crippen molar-refractivity contribution in [2.24, 2.45) is 0 Å². The largest absolute Gasteiger partial charge is 0.435 e. The molecule has 19 heavy (non-hydrogen) atoms. The fourth-order valence-electron chi connectivity index (χ4n) is 1.51. The van der Waals surface area contributed by atoms with Gasteiger partial charge >= 0.3 is 6.18 Å². The molecule has 0 aromatic carbocycles. The highest BCUT2D eigenvalue weighted by molar-refractivity contribution is 6.30. The van der Waals surface area contributed by atoms with Gasteiger partial charge < -0.3 is 5.11 Å². The van der Waals surface area contributed by atoms with Crippen molar-refractivity contribution in [3.8, 4) is 5.82 Å². The number of alkyl halides is 3. The molecular weight excluding hydrogens is 285 g/mol. The van der Waals surface area contributed by atoms with Crippen LogP contribution in [0.15, 0.2) is 12.4 Å². The highest BCUT2D eigenvalue weighted by atomic mass is 35.5. The highest BCUT2D eigenvalue weighted by Gasteiger charge is 2.39. The molecule has 0 unspecified atom stereocenters. The van der Waals surface area contributed by atoms with Gasteiger partial charge in [0.25, 0.3) is 0 Å². The molecule has 102 valence electrons. The first-order valence-electron chi connectivity index (χ1n) is 5.09. The smallest absolute Gasteiger partial charge is 0.391 e. The van der Waals surface area contributed by atoms with E-state index in [1.807, 2.05) is 0 Å². The van der Waals surface area contributed by atoms with E-state index < -0.39 is 24.0 Å². The van der Waals surface area contributed by atoms with Crippen molar-refractivity contribution < 1.29 is 18.3 Å². The molecule has 0 spiro atoms. The molecule has 0 aliphatic rings. The average Bonchev–Trinajstić information content (AvgIpc) is 2.66. The molecule has 0 atom stereocenters. The number of halogens is 4. The monoisotopic (exact) mass is 292 g/mol. The van der Waals surface area contributed by atoms with E-state index in [1.165, 1.54) is 12.4 Å². The first-order chi connectivity index (χ1) is 8.84. The zero-order valence-electron chi connectivity index (χ0n) is 9.61. The molecule has 0 aliphatic carbocycles. The lowest BCUT2D eigenvalue weighted by Gasteiger charge is -2.03. The molecule has 2 aromatic heterocycles. The number of rotatable bonds is 2. The second kappa shape index (κ2) is 4.78. The summed E-state index contributed by atoms with van der Waals surface area (Å²) in [7, 11) is 0. The van der Waals surface area contributed by atoms with E-state index in [-0.39, 0.29) is 11.0 Å². The number of hydrogen-bond acceptors (Lipinski definition) is 4. The fourth-order valence-corrected chi connectivity index (χ4v) is 1.78. The third kappa shape index (κ3) is 2.54. The number of aromatic nitrogens is 4. The summed E-state index contributed by atoms with van der Waals surface area (Å²) in [5, 5.41) is 12.1. The predicted molar refractivity (Wildman–Crippen MR) is 59.8 cm³/mol. The van der Waals surface area contributed by atoms with Gasteiger partial charge in [-0.25, -0.2) is 14.6 Å². The van der Waals surface area contributed by atoms with Crippen LogP contribution in [0.1, 0.15) is 17.0 Å². The minimum absolute atomic E-state index is 0.0997. The molecular formula is C10H8ClF3N4O. The molecule has 0 saturated carbocycles. The van der Waals surface area contributed by atoms with E-state index in [1.54, 1.807) is 6.92 Å². The Hall–Kier alpha value is -1.67. The molecule has 2 heterocycles. The van der Waals surface area contributed by atoms with E-state index >= 15 is 0 Å².